The summed E-state index contributed by atoms with van der Waals surface area (Å²) < 4.78 is 54.7. The number of amides is 4. The topological polar surface area (TPSA) is 139 Å². The molecule has 16 heteroatoms. The Bertz CT molecular complexity index is 2110. The zero-order valence-electron chi connectivity index (χ0n) is 31.6. The molecule has 0 radical (unpaired) electrons. The van der Waals surface area contributed by atoms with E-state index in [1.165, 1.54) is 9.80 Å². The molecule has 6 heterocycles. The van der Waals surface area contributed by atoms with Gasteiger partial charge in [0.1, 0.15) is 11.6 Å². The third-order valence-corrected chi connectivity index (χ3v) is 13.2. The highest BCUT2D eigenvalue weighted by Gasteiger charge is 2.58. The summed E-state index contributed by atoms with van der Waals surface area (Å²) in [6.45, 7) is -0.527. The van der Waals surface area contributed by atoms with Gasteiger partial charge in [0.05, 0.1) is 35.9 Å². The fraction of sp³-hybridized carbons (Fsp3) is 0.476. The number of aromatic amines is 2. The number of likely N-dealkylation sites (tertiary alicyclic amines) is 4. The Morgan fingerprint density at radius 3 is 1.22 bits per heavy atom. The Labute approximate surface area is 331 Å². The van der Waals surface area contributed by atoms with Gasteiger partial charge in [-0.05, 0) is 59.8 Å². The molecular weight excluding hydrogens is 757 g/mol. The van der Waals surface area contributed by atoms with Crippen molar-refractivity contribution in [2.24, 2.45) is 11.8 Å². The van der Waals surface area contributed by atoms with Gasteiger partial charge in [-0.25, -0.2) is 27.5 Å². The summed E-state index contributed by atoms with van der Waals surface area (Å²) in [6.07, 6.45) is 4.73. The van der Waals surface area contributed by atoms with Crippen molar-refractivity contribution >= 4 is 23.6 Å². The van der Waals surface area contributed by atoms with E-state index in [1.54, 1.807) is 22.2 Å². The average molecular weight is 799 g/mol. The number of hydrogen-bond donors (Lipinski definition) is 2. The molecule has 10 rings (SSSR count). The molecule has 302 valence electrons. The van der Waals surface area contributed by atoms with Crippen LogP contribution in [0.5, 0.6) is 0 Å². The number of piperidine rings is 4. The molecule has 6 aliphatic rings. The SMILES string of the molecule is O=C(C(=O)N1C(c2ncc(-c3ccc(-c4ccc(-c5cnc(C6CC7CC7N6C(=O)C(=O)N6CCC(F)(F)CC6)[nH]5)cc4)cc3)[nH]2)CC2CC21)N1CCC(F)(F)CC1. The quantitative estimate of drug-likeness (QED) is 0.189. The Hall–Kier alpha value is -5.54. The van der Waals surface area contributed by atoms with Crippen molar-refractivity contribution in [1.82, 2.24) is 39.5 Å². The van der Waals surface area contributed by atoms with Crippen molar-refractivity contribution in [3.8, 4) is 33.6 Å². The number of benzene rings is 2. The molecule has 2 N–H and O–H groups in total. The smallest absolute Gasteiger partial charge is 0.312 e. The molecule has 12 nitrogen and oxygen atoms in total. The van der Waals surface area contributed by atoms with E-state index in [4.69, 9.17) is 0 Å². The van der Waals surface area contributed by atoms with Crippen molar-refractivity contribution in [2.75, 3.05) is 26.2 Å². The number of nitrogens with one attached hydrogen (secondary N) is 2. The van der Waals surface area contributed by atoms with Crippen LogP contribution in [0.2, 0.25) is 0 Å². The van der Waals surface area contributed by atoms with Gasteiger partial charge < -0.3 is 29.6 Å². The second-order valence-electron chi connectivity index (χ2n) is 16.9. The molecule has 6 unspecified atom stereocenters. The second kappa shape index (κ2) is 13.5. The van der Waals surface area contributed by atoms with E-state index >= 15 is 0 Å². The summed E-state index contributed by atoms with van der Waals surface area (Å²) in [4.78, 5) is 74.7. The monoisotopic (exact) mass is 798 g/mol. The van der Waals surface area contributed by atoms with Crippen LogP contribution in [0, 0.1) is 11.8 Å². The van der Waals surface area contributed by atoms with Gasteiger partial charge in [0, 0.05) is 63.9 Å². The number of rotatable bonds is 5. The van der Waals surface area contributed by atoms with Crippen LogP contribution in [0.25, 0.3) is 33.6 Å². The van der Waals surface area contributed by atoms with Gasteiger partial charge >= 0.3 is 23.6 Å². The molecule has 2 saturated carbocycles. The van der Waals surface area contributed by atoms with Crippen molar-refractivity contribution in [2.45, 2.75) is 87.4 Å². The molecule has 4 saturated heterocycles. The van der Waals surface area contributed by atoms with Crippen molar-refractivity contribution in [1.29, 1.82) is 0 Å². The summed E-state index contributed by atoms with van der Waals surface area (Å²) in [6, 6.07) is 15.1. The van der Waals surface area contributed by atoms with Gasteiger partial charge in [-0.15, -0.1) is 0 Å². The maximum absolute atomic E-state index is 13.7. The van der Waals surface area contributed by atoms with Crippen LogP contribution >= 0.6 is 0 Å². The van der Waals surface area contributed by atoms with Crippen LogP contribution in [0.4, 0.5) is 17.6 Å². The number of hydrogen-bond acceptors (Lipinski definition) is 6. The van der Waals surface area contributed by atoms with Crippen LogP contribution in [0.15, 0.2) is 60.9 Å². The van der Waals surface area contributed by atoms with E-state index in [0.29, 0.717) is 36.3 Å². The minimum atomic E-state index is -2.81. The van der Waals surface area contributed by atoms with Gasteiger partial charge in [0.25, 0.3) is 11.8 Å². The Morgan fingerprint density at radius 2 is 0.862 bits per heavy atom. The highest BCUT2D eigenvalue weighted by atomic mass is 19.3. The number of halogens is 4. The predicted octanol–water partition coefficient (Wildman–Crippen LogP) is 5.97. The van der Waals surface area contributed by atoms with Crippen molar-refractivity contribution in [3.63, 3.8) is 0 Å². The lowest BCUT2D eigenvalue weighted by Crippen LogP contribution is -2.50. The van der Waals surface area contributed by atoms with E-state index in [9.17, 15) is 36.7 Å². The van der Waals surface area contributed by atoms with Crippen LogP contribution in [0.3, 0.4) is 0 Å². The number of carbonyl (C=O) groups is 4. The molecule has 4 aromatic rings. The summed E-state index contributed by atoms with van der Waals surface area (Å²) in [5.41, 5.74) is 5.31. The first kappa shape index (κ1) is 36.8. The molecule has 2 aliphatic carbocycles. The van der Waals surface area contributed by atoms with Gasteiger partial charge in [-0.3, -0.25) is 19.2 Å². The first-order chi connectivity index (χ1) is 27.8. The molecule has 4 amide bonds. The van der Waals surface area contributed by atoms with Gasteiger partial charge in [0.15, 0.2) is 0 Å². The Morgan fingerprint density at radius 1 is 0.517 bits per heavy atom. The first-order valence-corrected chi connectivity index (χ1v) is 20.1. The number of H-pyrrole nitrogens is 2. The number of nitrogens with zero attached hydrogens (tertiary/aromatic N) is 6. The van der Waals surface area contributed by atoms with E-state index in [1.807, 2.05) is 48.5 Å². The summed E-state index contributed by atoms with van der Waals surface area (Å²) in [5, 5.41) is 0. The maximum Gasteiger partial charge on any atom is 0.312 e. The fourth-order valence-corrected chi connectivity index (χ4v) is 9.54. The van der Waals surface area contributed by atoms with Crippen molar-refractivity contribution < 1.29 is 36.7 Å². The lowest BCUT2D eigenvalue weighted by Gasteiger charge is -2.33. The van der Waals surface area contributed by atoms with Gasteiger partial charge in [-0.1, -0.05) is 48.5 Å². The average Bonchev–Trinajstić information content (AvgIpc) is 3.81. The maximum atomic E-state index is 13.7. The molecule has 58 heavy (non-hydrogen) atoms. The zero-order chi connectivity index (χ0) is 40.1. The largest absolute Gasteiger partial charge is 0.340 e. The van der Waals surface area contributed by atoms with Gasteiger partial charge in [0.2, 0.25) is 0 Å². The van der Waals surface area contributed by atoms with Crippen LogP contribution < -0.4 is 0 Å². The number of fused-ring (bicyclic) bond motifs is 2. The minimum Gasteiger partial charge on any atom is -0.340 e. The number of carbonyl (C=O) groups excluding carboxylic acids is 4. The molecule has 0 spiro atoms. The van der Waals surface area contributed by atoms with E-state index in [-0.39, 0.29) is 50.3 Å². The second-order valence-corrected chi connectivity index (χ2v) is 16.9. The highest BCUT2D eigenvalue weighted by molar-refractivity contribution is 6.35. The molecule has 0 bridgehead atoms. The summed E-state index contributed by atoms with van der Waals surface area (Å²) >= 11 is 0. The standard InChI is InChI=1S/C42H42F4N8O4/c43-41(44)9-13-51(14-10-41)37(55)39(57)53-31-17-27(31)19-33(53)35-47-21-29(49-35)25-5-1-23(2-6-25)24-3-7-26(8-4-24)30-22-48-36(50-30)34-20-28-18-32(28)54(34)40(58)38(56)52-15-11-42(45,46)12-16-52/h1-8,21-22,27-28,31-34H,9-20H2,(H,47,49)(H,48,50). The van der Waals surface area contributed by atoms with E-state index < -0.39 is 61.2 Å². The molecule has 6 atom stereocenters. The minimum absolute atomic E-state index is 0.0358. The highest BCUT2D eigenvalue weighted by Crippen LogP contribution is 2.54. The lowest BCUT2D eigenvalue weighted by molar-refractivity contribution is -0.156. The molecule has 6 fully saturated rings. The van der Waals surface area contributed by atoms with Crippen LogP contribution in [-0.4, -0.2) is 113 Å². The van der Waals surface area contributed by atoms with Crippen LogP contribution in [-0.2, 0) is 19.2 Å². The third-order valence-electron chi connectivity index (χ3n) is 13.2. The van der Waals surface area contributed by atoms with E-state index in [2.05, 4.69) is 19.9 Å². The summed E-state index contributed by atoms with van der Waals surface area (Å²) in [7, 11) is 0. The van der Waals surface area contributed by atoms with Gasteiger partial charge in [-0.2, -0.15) is 0 Å². The Kier molecular flexibility index (Phi) is 8.57. The molecular formula is C42H42F4N8O4. The summed E-state index contributed by atoms with van der Waals surface area (Å²) in [5.74, 6) is -6.56. The molecule has 2 aromatic heterocycles. The predicted molar refractivity (Wildman–Crippen MR) is 201 cm³/mol. The normalized spacial score (nSPS) is 27.9. The molecule has 2 aromatic carbocycles. The lowest BCUT2D eigenvalue weighted by atomic mass is 10.0. The van der Waals surface area contributed by atoms with Crippen molar-refractivity contribution in [3.05, 3.63) is 72.6 Å². The van der Waals surface area contributed by atoms with Crippen LogP contribution in [0.1, 0.15) is 75.1 Å². The number of aromatic nitrogens is 4. The third kappa shape index (κ3) is 6.63. The molecule has 4 aliphatic heterocycles. The number of alkyl halides is 4. The Balaban J connectivity index is 0.784. The first-order valence-electron chi connectivity index (χ1n) is 20.1. The zero-order valence-corrected chi connectivity index (χ0v) is 31.6. The number of imidazole rings is 2. The fourth-order valence-electron chi connectivity index (χ4n) is 9.54. The van der Waals surface area contributed by atoms with E-state index in [0.717, 1.165) is 46.5 Å².